The molecule has 8 heteroatoms. The summed E-state index contributed by atoms with van der Waals surface area (Å²) < 4.78 is 51.5. The molecular formula is C15H18F3NO4. The molecule has 1 heterocycles. The number of alkyl halides is 3. The summed E-state index contributed by atoms with van der Waals surface area (Å²) in [6.45, 7) is 1.57. The Balaban J connectivity index is 2.09. The normalized spacial score (nSPS) is 18.3. The number of carbonyl (C=O) groups is 1. The topological polar surface area (TPSA) is 56.8 Å². The number of nitrogens with one attached hydrogen (secondary N) is 1. The zero-order valence-electron chi connectivity index (χ0n) is 12.6. The molecule has 0 saturated carbocycles. The van der Waals surface area contributed by atoms with E-state index in [1.807, 2.05) is 0 Å². The minimum atomic E-state index is -4.87. The highest BCUT2D eigenvalue weighted by atomic mass is 19.4. The molecule has 1 aliphatic rings. The summed E-state index contributed by atoms with van der Waals surface area (Å²) in [5.41, 5.74) is -0.224. The van der Waals surface area contributed by atoms with Crippen molar-refractivity contribution < 1.29 is 32.2 Å². The third-order valence-electron chi connectivity index (χ3n) is 3.46. The van der Waals surface area contributed by atoms with E-state index >= 15 is 0 Å². The SMILES string of the molecule is COc1ccc(OC(F)(F)F)c(C(=O)NCC2CCCOC2)c1. The summed E-state index contributed by atoms with van der Waals surface area (Å²) in [6, 6.07) is 3.57. The highest BCUT2D eigenvalue weighted by Gasteiger charge is 2.33. The maximum Gasteiger partial charge on any atom is 0.573 e. The van der Waals surface area contributed by atoms with Crippen molar-refractivity contribution >= 4 is 5.91 Å². The van der Waals surface area contributed by atoms with Crippen molar-refractivity contribution in [3.05, 3.63) is 23.8 Å². The molecule has 0 bridgehead atoms. The fraction of sp³-hybridized carbons (Fsp3) is 0.533. The van der Waals surface area contributed by atoms with Crippen LogP contribution in [0.3, 0.4) is 0 Å². The van der Waals surface area contributed by atoms with Crippen LogP contribution in [0.2, 0.25) is 0 Å². The first-order chi connectivity index (χ1) is 10.9. The van der Waals surface area contributed by atoms with Crippen LogP contribution in [0.4, 0.5) is 13.2 Å². The number of carbonyl (C=O) groups excluding carboxylic acids is 1. The molecule has 1 atom stereocenters. The predicted octanol–water partition coefficient (Wildman–Crippen LogP) is 2.75. The Morgan fingerprint density at radius 1 is 1.43 bits per heavy atom. The van der Waals surface area contributed by atoms with Gasteiger partial charge in [0.05, 0.1) is 19.3 Å². The van der Waals surface area contributed by atoms with Crippen LogP contribution in [0.25, 0.3) is 0 Å². The Kier molecular flexibility index (Phi) is 5.70. The van der Waals surface area contributed by atoms with Crippen LogP contribution >= 0.6 is 0 Å². The van der Waals surface area contributed by atoms with Gasteiger partial charge in [-0.25, -0.2) is 0 Å². The Hall–Kier alpha value is -1.96. The lowest BCUT2D eigenvalue weighted by Crippen LogP contribution is -2.33. The second-order valence-corrected chi connectivity index (χ2v) is 5.20. The lowest BCUT2D eigenvalue weighted by atomic mass is 10.0. The van der Waals surface area contributed by atoms with Gasteiger partial charge in [0.25, 0.3) is 5.91 Å². The zero-order chi connectivity index (χ0) is 16.9. The number of methoxy groups -OCH3 is 1. The van der Waals surface area contributed by atoms with E-state index in [1.165, 1.54) is 19.2 Å². The second-order valence-electron chi connectivity index (χ2n) is 5.20. The molecule has 0 aromatic heterocycles. The van der Waals surface area contributed by atoms with E-state index in [1.54, 1.807) is 0 Å². The fourth-order valence-corrected chi connectivity index (χ4v) is 2.33. The molecule has 23 heavy (non-hydrogen) atoms. The number of benzene rings is 1. The first-order valence-electron chi connectivity index (χ1n) is 7.19. The highest BCUT2D eigenvalue weighted by molar-refractivity contribution is 5.97. The van der Waals surface area contributed by atoms with Crippen molar-refractivity contribution in [1.29, 1.82) is 0 Å². The number of ether oxygens (including phenoxy) is 3. The molecule has 1 amide bonds. The van der Waals surface area contributed by atoms with Crippen molar-refractivity contribution in [2.24, 2.45) is 5.92 Å². The highest BCUT2D eigenvalue weighted by Crippen LogP contribution is 2.29. The smallest absolute Gasteiger partial charge is 0.497 e. The predicted molar refractivity (Wildman–Crippen MR) is 75.6 cm³/mol. The van der Waals surface area contributed by atoms with Crippen molar-refractivity contribution in [1.82, 2.24) is 5.32 Å². The molecule has 5 nitrogen and oxygen atoms in total. The van der Waals surface area contributed by atoms with E-state index in [0.717, 1.165) is 18.9 Å². The lowest BCUT2D eigenvalue weighted by molar-refractivity contribution is -0.274. The largest absolute Gasteiger partial charge is 0.573 e. The summed E-state index contributed by atoms with van der Waals surface area (Å²) in [7, 11) is 1.36. The molecule has 1 unspecified atom stereocenters. The maximum atomic E-state index is 12.4. The van der Waals surface area contributed by atoms with E-state index < -0.39 is 18.0 Å². The van der Waals surface area contributed by atoms with Crippen molar-refractivity contribution in [3.63, 3.8) is 0 Å². The van der Waals surface area contributed by atoms with Crippen LogP contribution in [-0.4, -0.2) is 39.1 Å². The van der Waals surface area contributed by atoms with Gasteiger partial charge in [-0.15, -0.1) is 13.2 Å². The average molecular weight is 333 g/mol. The van der Waals surface area contributed by atoms with E-state index in [0.29, 0.717) is 19.8 Å². The Morgan fingerprint density at radius 2 is 2.22 bits per heavy atom. The standard InChI is InChI=1S/C15H18F3NO4/c1-21-11-4-5-13(23-15(16,17)18)12(7-11)14(20)19-8-10-3-2-6-22-9-10/h4-5,7,10H,2-3,6,8-9H2,1H3,(H,19,20). The number of hydrogen-bond donors (Lipinski definition) is 1. The molecule has 1 saturated heterocycles. The summed E-state index contributed by atoms with van der Waals surface area (Å²) in [5, 5.41) is 2.62. The van der Waals surface area contributed by atoms with Gasteiger partial charge in [0.1, 0.15) is 11.5 Å². The van der Waals surface area contributed by atoms with Gasteiger partial charge in [0.15, 0.2) is 0 Å². The van der Waals surface area contributed by atoms with Crippen LogP contribution in [0, 0.1) is 5.92 Å². The average Bonchev–Trinajstić information content (AvgIpc) is 2.52. The van der Waals surface area contributed by atoms with Crippen molar-refractivity contribution in [2.75, 3.05) is 26.9 Å². The minimum absolute atomic E-state index is 0.158. The summed E-state index contributed by atoms with van der Waals surface area (Å²) in [4.78, 5) is 12.2. The molecule has 2 rings (SSSR count). The van der Waals surface area contributed by atoms with E-state index in [2.05, 4.69) is 10.1 Å². The summed E-state index contributed by atoms with van der Waals surface area (Å²) in [6.07, 6.45) is -3.06. The van der Waals surface area contributed by atoms with Crippen molar-refractivity contribution in [2.45, 2.75) is 19.2 Å². The summed E-state index contributed by atoms with van der Waals surface area (Å²) in [5.74, 6) is -0.777. The zero-order valence-corrected chi connectivity index (χ0v) is 12.6. The molecule has 1 N–H and O–H groups in total. The third-order valence-corrected chi connectivity index (χ3v) is 3.46. The molecule has 128 valence electrons. The van der Waals surface area contributed by atoms with Crippen LogP contribution in [0.5, 0.6) is 11.5 Å². The molecule has 1 aliphatic heterocycles. The monoisotopic (exact) mass is 333 g/mol. The molecule has 1 aromatic rings. The van der Waals surface area contributed by atoms with Gasteiger partial charge in [-0.05, 0) is 37.0 Å². The van der Waals surface area contributed by atoms with Gasteiger partial charge in [-0.1, -0.05) is 0 Å². The van der Waals surface area contributed by atoms with Gasteiger partial charge < -0.3 is 19.5 Å². The van der Waals surface area contributed by atoms with Crippen molar-refractivity contribution in [3.8, 4) is 11.5 Å². The molecule has 0 spiro atoms. The van der Waals surface area contributed by atoms with Gasteiger partial charge in [-0.3, -0.25) is 4.79 Å². The number of halogens is 3. The van der Waals surface area contributed by atoms with E-state index in [9.17, 15) is 18.0 Å². The van der Waals surface area contributed by atoms with Crippen LogP contribution < -0.4 is 14.8 Å². The van der Waals surface area contributed by atoms with Crippen LogP contribution in [-0.2, 0) is 4.74 Å². The van der Waals surface area contributed by atoms with E-state index in [4.69, 9.17) is 9.47 Å². The second kappa shape index (κ2) is 7.54. The molecule has 1 aromatic carbocycles. The third kappa shape index (κ3) is 5.31. The van der Waals surface area contributed by atoms with Gasteiger partial charge in [-0.2, -0.15) is 0 Å². The van der Waals surface area contributed by atoms with Crippen LogP contribution in [0.1, 0.15) is 23.2 Å². The van der Waals surface area contributed by atoms with Gasteiger partial charge >= 0.3 is 6.36 Å². The minimum Gasteiger partial charge on any atom is -0.497 e. The lowest BCUT2D eigenvalue weighted by Gasteiger charge is -2.22. The van der Waals surface area contributed by atoms with Crippen LogP contribution in [0.15, 0.2) is 18.2 Å². The first kappa shape index (κ1) is 17.4. The number of hydrogen-bond acceptors (Lipinski definition) is 4. The Bertz CT molecular complexity index is 542. The van der Waals surface area contributed by atoms with Gasteiger partial charge in [0, 0.05) is 13.2 Å². The molecule has 1 fully saturated rings. The molecule has 0 aliphatic carbocycles. The summed E-state index contributed by atoms with van der Waals surface area (Å²) >= 11 is 0. The Labute approximate surface area is 131 Å². The quantitative estimate of drug-likeness (QED) is 0.900. The van der Waals surface area contributed by atoms with Gasteiger partial charge in [0.2, 0.25) is 0 Å². The number of amides is 1. The maximum absolute atomic E-state index is 12.4. The molecule has 0 radical (unpaired) electrons. The number of rotatable bonds is 5. The first-order valence-corrected chi connectivity index (χ1v) is 7.19. The van der Waals surface area contributed by atoms with E-state index in [-0.39, 0.29) is 17.2 Å². The fourth-order valence-electron chi connectivity index (χ4n) is 2.33. The Morgan fingerprint density at radius 3 is 2.83 bits per heavy atom. The molecular weight excluding hydrogens is 315 g/mol.